The molecule has 1 aromatic rings. The lowest BCUT2D eigenvalue weighted by Gasteiger charge is -2.34. The lowest BCUT2D eigenvalue weighted by Crippen LogP contribution is -2.49. The van der Waals surface area contributed by atoms with E-state index in [1.807, 2.05) is 13.8 Å². The molecule has 1 aliphatic heterocycles. The van der Waals surface area contributed by atoms with Gasteiger partial charge >= 0.3 is 0 Å². The molecule has 1 heterocycles. The van der Waals surface area contributed by atoms with Gasteiger partial charge in [-0.2, -0.15) is 4.31 Å². The average molecular weight is 348 g/mol. The largest absolute Gasteiger partial charge is 0.373 e. The molecule has 1 fully saturated rings. The minimum Gasteiger partial charge on any atom is -0.373 e. The van der Waals surface area contributed by atoms with E-state index in [0.717, 1.165) is 12.1 Å². The van der Waals surface area contributed by atoms with Crippen LogP contribution in [0.3, 0.4) is 0 Å². The second-order valence-electron chi connectivity index (χ2n) is 5.82. The van der Waals surface area contributed by atoms with E-state index in [2.05, 4.69) is 5.32 Å². The van der Waals surface area contributed by atoms with Crippen LogP contribution in [0.4, 0.5) is 8.78 Å². The van der Waals surface area contributed by atoms with E-state index in [4.69, 9.17) is 4.74 Å². The zero-order valence-electron chi connectivity index (χ0n) is 13.3. The summed E-state index contributed by atoms with van der Waals surface area (Å²) < 4.78 is 57.5. The lowest BCUT2D eigenvalue weighted by molar-refractivity contribution is -0.0440. The number of ether oxygens (including phenoxy) is 1. The van der Waals surface area contributed by atoms with Crippen molar-refractivity contribution in [2.24, 2.45) is 0 Å². The monoisotopic (exact) mass is 348 g/mol. The third kappa shape index (κ3) is 5.20. The molecule has 0 bridgehead atoms. The van der Waals surface area contributed by atoms with E-state index >= 15 is 0 Å². The maximum atomic E-state index is 13.1. The van der Waals surface area contributed by atoms with Crippen LogP contribution in [0.5, 0.6) is 0 Å². The Kier molecular flexibility index (Phi) is 6.07. The highest BCUT2D eigenvalue weighted by Gasteiger charge is 2.30. The molecule has 5 nitrogen and oxygen atoms in total. The van der Waals surface area contributed by atoms with Crippen molar-refractivity contribution in [2.75, 3.05) is 25.4 Å². The van der Waals surface area contributed by atoms with Crippen molar-refractivity contribution in [3.63, 3.8) is 0 Å². The number of hydrogen-bond acceptors (Lipinski definition) is 4. The van der Waals surface area contributed by atoms with Crippen LogP contribution in [0.15, 0.2) is 18.2 Å². The Hall–Kier alpha value is -1.09. The summed E-state index contributed by atoms with van der Waals surface area (Å²) in [6.45, 7) is 4.93. The van der Waals surface area contributed by atoms with Gasteiger partial charge in [0.15, 0.2) is 11.6 Å². The van der Waals surface area contributed by atoms with Crippen molar-refractivity contribution in [1.82, 2.24) is 9.62 Å². The maximum absolute atomic E-state index is 13.1. The molecule has 0 saturated carbocycles. The van der Waals surface area contributed by atoms with E-state index in [1.54, 1.807) is 0 Å². The second-order valence-corrected chi connectivity index (χ2v) is 7.90. The van der Waals surface area contributed by atoms with Crippen LogP contribution in [0, 0.1) is 11.6 Å². The molecule has 0 spiro atoms. The number of hydrogen-bond donors (Lipinski definition) is 1. The van der Waals surface area contributed by atoms with E-state index in [-0.39, 0.29) is 31.1 Å². The van der Waals surface area contributed by atoms with E-state index in [1.165, 1.54) is 10.4 Å². The molecule has 23 heavy (non-hydrogen) atoms. The van der Waals surface area contributed by atoms with Gasteiger partial charge in [0.2, 0.25) is 10.0 Å². The van der Waals surface area contributed by atoms with Crippen LogP contribution < -0.4 is 5.32 Å². The summed E-state index contributed by atoms with van der Waals surface area (Å²) in [5, 5.41) is 2.94. The number of benzene rings is 1. The predicted molar refractivity (Wildman–Crippen MR) is 83.4 cm³/mol. The van der Waals surface area contributed by atoms with Gasteiger partial charge in [-0.1, -0.05) is 6.07 Å². The van der Waals surface area contributed by atoms with Crippen molar-refractivity contribution >= 4 is 10.0 Å². The normalized spacial score (nSPS) is 23.1. The fourth-order valence-electron chi connectivity index (χ4n) is 2.57. The summed E-state index contributed by atoms with van der Waals surface area (Å²) >= 11 is 0. The van der Waals surface area contributed by atoms with Gasteiger partial charge in [-0.3, -0.25) is 0 Å². The molecular formula is C15H22F2N2O3S. The first-order valence-corrected chi connectivity index (χ1v) is 9.17. The second kappa shape index (κ2) is 7.65. The highest BCUT2D eigenvalue weighted by molar-refractivity contribution is 7.89. The summed E-state index contributed by atoms with van der Waals surface area (Å²) in [5.41, 5.74) is 0.565. The third-order valence-electron chi connectivity index (χ3n) is 3.63. The van der Waals surface area contributed by atoms with Gasteiger partial charge in [0, 0.05) is 26.2 Å². The molecule has 130 valence electrons. The van der Waals surface area contributed by atoms with E-state index in [0.29, 0.717) is 18.7 Å². The summed E-state index contributed by atoms with van der Waals surface area (Å²) in [6.07, 6.45) is -0.243. The number of halogens is 2. The summed E-state index contributed by atoms with van der Waals surface area (Å²) in [6, 6.07) is 3.62. The molecule has 0 unspecified atom stereocenters. The van der Waals surface area contributed by atoms with Gasteiger partial charge in [0.1, 0.15) is 0 Å². The Morgan fingerprint density at radius 2 is 1.87 bits per heavy atom. The smallest absolute Gasteiger partial charge is 0.215 e. The lowest BCUT2D eigenvalue weighted by atomic mass is 10.2. The standard InChI is InChI=1S/C15H22F2N2O3S/c1-11-9-19(10-12(2)22-11)23(20,21)6-5-18-8-13-3-4-14(16)15(17)7-13/h3-4,7,11-12,18H,5-6,8-10H2,1-2H3/t11-,12+. The first kappa shape index (κ1) is 18.3. The van der Waals surface area contributed by atoms with Crippen LogP contribution in [0.1, 0.15) is 19.4 Å². The molecule has 2 atom stereocenters. The Morgan fingerprint density at radius 3 is 2.48 bits per heavy atom. The van der Waals surface area contributed by atoms with Gasteiger partial charge in [0.25, 0.3) is 0 Å². The number of nitrogens with one attached hydrogen (secondary N) is 1. The van der Waals surface area contributed by atoms with Crippen LogP contribution >= 0.6 is 0 Å². The van der Waals surface area contributed by atoms with Crippen molar-refractivity contribution in [3.8, 4) is 0 Å². The van der Waals surface area contributed by atoms with E-state index < -0.39 is 21.7 Å². The van der Waals surface area contributed by atoms with Crippen molar-refractivity contribution < 1.29 is 21.9 Å². The number of nitrogens with zero attached hydrogens (tertiary/aromatic N) is 1. The van der Waals surface area contributed by atoms with E-state index in [9.17, 15) is 17.2 Å². The Labute approximate surface area is 135 Å². The molecule has 1 aliphatic rings. The molecule has 1 aromatic carbocycles. The number of morpholine rings is 1. The van der Waals surface area contributed by atoms with Crippen molar-refractivity contribution in [2.45, 2.75) is 32.6 Å². The summed E-state index contributed by atoms with van der Waals surface area (Å²) in [5.74, 6) is -1.85. The molecular weight excluding hydrogens is 326 g/mol. The zero-order chi connectivity index (χ0) is 17.0. The van der Waals surface area contributed by atoms with Gasteiger partial charge in [-0.15, -0.1) is 0 Å². The molecule has 0 aliphatic carbocycles. The molecule has 2 rings (SSSR count). The van der Waals surface area contributed by atoms with Gasteiger partial charge < -0.3 is 10.1 Å². The fraction of sp³-hybridized carbons (Fsp3) is 0.600. The van der Waals surface area contributed by atoms with Gasteiger partial charge in [0.05, 0.1) is 18.0 Å². The topological polar surface area (TPSA) is 58.6 Å². The first-order valence-electron chi connectivity index (χ1n) is 7.56. The predicted octanol–water partition coefficient (Wildman–Crippen LogP) is 1.49. The fourth-order valence-corrected chi connectivity index (χ4v) is 4.11. The quantitative estimate of drug-likeness (QED) is 0.792. The average Bonchev–Trinajstić information content (AvgIpc) is 2.46. The van der Waals surface area contributed by atoms with Crippen molar-refractivity contribution in [3.05, 3.63) is 35.4 Å². The minimum atomic E-state index is -3.36. The van der Waals surface area contributed by atoms with Crippen LogP contribution in [-0.4, -0.2) is 50.3 Å². The van der Waals surface area contributed by atoms with Gasteiger partial charge in [-0.05, 0) is 31.5 Å². The number of sulfonamides is 1. The Balaban J connectivity index is 1.81. The first-order chi connectivity index (χ1) is 10.8. The molecule has 0 radical (unpaired) electrons. The number of rotatable bonds is 6. The van der Waals surface area contributed by atoms with Crippen LogP contribution in [-0.2, 0) is 21.3 Å². The molecule has 0 aromatic heterocycles. The molecule has 8 heteroatoms. The van der Waals surface area contributed by atoms with Crippen LogP contribution in [0.25, 0.3) is 0 Å². The highest BCUT2D eigenvalue weighted by Crippen LogP contribution is 2.14. The molecule has 0 amide bonds. The minimum absolute atomic E-state index is 0.0455. The third-order valence-corrected chi connectivity index (χ3v) is 5.43. The molecule has 1 saturated heterocycles. The molecule has 1 N–H and O–H groups in total. The summed E-state index contributed by atoms with van der Waals surface area (Å²) in [7, 11) is -3.36. The Morgan fingerprint density at radius 1 is 1.22 bits per heavy atom. The zero-order valence-corrected chi connectivity index (χ0v) is 14.1. The summed E-state index contributed by atoms with van der Waals surface area (Å²) in [4.78, 5) is 0. The highest BCUT2D eigenvalue weighted by atomic mass is 32.2. The maximum Gasteiger partial charge on any atom is 0.215 e. The van der Waals surface area contributed by atoms with Crippen molar-refractivity contribution in [1.29, 1.82) is 0 Å². The SMILES string of the molecule is C[C@@H]1CN(S(=O)(=O)CCNCc2ccc(F)c(F)c2)C[C@H](C)O1. The van der Waals surface area contributed by atoms with Gasteiger partial charge in [-0.25, -0.2) is 17.2 Å². The van der Waals surface area contributed by atoms with Crippen LogP contribution in [0.2, 0.25) is 0 Å². The Bertz CT molecular complexity index is 630.